The van der Waals surface area contributed by atoms with Crippen LogP contribution >= 0.6 is 11.3 Å². The molecule has 0 N–H and O–H groups in total. The summed E-state index contributed by atoms with van der Waals surface area (Å²) in [6.45, 7) is 2.45. The summed E-state index contributed by atoms with van der Waals surface area (Å²) in [4.78, 5) is 13.7. The van der Waals surface area contributed by atoms with Crippen LogP contribution in [0.2, 0.25) is 0 Å². The van der Waals surface area contributed by atoms with Crippen molar-refractivity contribution in [1.29, 1.82) is 0 Å². The standard InChI is InChI=1S/C22H21N3O5S/c1-5-30-16-8-6-13(10-17(16)28-3)11-19-21(26)25-20(23-24-22(25)31-19)14-7-9-15(27-2)18(12-14)29-4/h6-12H,5H2,1-4H3. The molecule has 9 heteroatoms. The van der Waals surface area contributed by atoms with Crippen LogP contribution in [0.25, 0.3) is 22.4 Å². The summed E-state index contributed by atoms with van der Waals surface area (Å²) >= 11 is 1.27. The van der Waals surface area contributed by atoms with Crippen molar-refractivity contribution in [2.45, 2.75) is 6.92 Å². The average Bonchev–Trinajstić information content (AvgIpc) is 3.34. The van der Waals surface area contributed by atoms with Gasteiger partial charge in [-0.2, -0.15) is 0 Å². The lowest BCUT2D eigenvalue weighted by atomic mass is 10.2. The van der Waals surface area contributed by atoms with Crippen molar-refractivity contribution in [1.82, 2.24) is 14.6 Å². The number of ether oxygens (including phenoxy) is 4. The average molecular weight is 439 g/mol. The van der Waals surface area contributed by atoms with Gasteiger partial charge in [-0.05, 0) is 48.9 Å². The fourth-order valence-electron chi connectivity index (χ4n) is 3.22. The van der Waals surface area contributed by atoms with Crippen LogP contribution in [0.1, 0.15) is 12.5 Å². The van der Waals surface area contributed by atoms with Crippen molar-refractivity contribution in [3.63, 3.8) is 0 Å². The van der Waals surface area contributed by atoms with Crippen molar-refractivity contribution in [2.75, 3.05) is 27.9 Å². The molecule has 2 aromatic heterocycles. The molecule has 0 unspecified atom stereocenters. The maximum absolute atomic E-state index is 13.1. The van der Waals surface area contributed by atoms with E-state index in [1.165, 1.54) is 15.7 Å². The molecule has 160 valence electrons. The topological polar surface area (TPSA) is 84.2 Å². The smallest absolute Gasteiger partial charge is 0.276 e. The molecule has 0 bridgehead atoms. The van der Waals surface area contributed by atoms with Crippen LogP contribution in [0.15, 0.2) is 41.2 Å². The lowest BCUT2D eigenvalue weighted by Crippen LogP contribution is -2.23. The summed E-state index contributed by atoms with van der Waals surface area (Å²) in [6, 6.07) is 10.9. The fraction of sp³-hybridized carbons (Fsp3) is 0.227. The molecule has 2 heterocycles. The highest BCUT2D eigenvalue weighted by atomic mass is 32.1. The Labute approximate surface area is 182 Å². The van der Waals surface area contributed by atoms with Gasteiger partial charge in [0, 0.05) is 5.56 Å². The van der Waals surface area contributed by atoms with Gasteiger partial charge in [0.15, 0.2) is 28.8 Å². The van der Waals surface area contributed by atoms with Crippen LogP contribution in [0, 0.1) is 0 Å². The molecule has 0 fully saturated rings. The van der Waals surface area contributed by atoms with E-state index in [9.17, 15) is 4.79 Å². The van der Waals surface area contributed by atoms with Crippen LogP contribution < -0.4 is 29.0 Å². The van der Waals surface area contributed by atoms with Gasteiger partial charge in [0.05, 0.1) is 32.5 Å². The maximum Gasteiger partial charge on any atom is 0.276 e. The number of benzene rings is 2. The van der Waals surface area contributed by atoms with Crippen molar-refractivity contribution in [2.24, 2.45) is 0 Å². The maximum atomic E-state index is 13.1. The Morgan fingerprint density at radius 1 is 0.935 bits per heavy atom. The van der Waals surface area contributed by atoms with E-state index in [0.29, 0.717) is 50.5 Å². The number of hydrogen-bond acceptors (Lipinski definition) is 8. The SMILES string of the molecule is CCOc1ccc(C=c2sc3nnc(-c4ccc(OC)c(OC)c4)n3c2=O)cc1OC. The van der Waals surface area contributed by atoms with Crippen molar-refractivity contribution in [3.8, 4) is 34.4 Å². The molecular formula is C22H21N3O5S. The highest BCUT2D eigenvalue weighted by Gasteiger charge is 2.16. The second-order valence-electron chi connectivity index (χ2n) is 6.47. The Morgan fingerprint density at radius 2 is 1.65 bits per heavy atom. The van der Waals surface area contributed by atoms with E-state index in [0.717, 1.165) is 5.56 Å². The molecule has 0 aliphatic heterocycles. The van der Waals surface area contributed by atoms with Gasteiger partial charge < -0.3 is 18.9 Å². The Hall–Kier alpha value is -3.59. The van der Waals surface area contributed by atoms with Crippen molar-refractivity contribution < 1.29 is 18.9 Å². The number of rotatable bonds is 7. The Kier molecular flexibility index (Phi) is 5.77. The first-order valence-electron chi connectivity index (χ1n) is 9.52. The summed E-state index contributed by atoms with van der Waals surface area (Å²) in [6.07, 6.45) is 1.80. The third kappa shape index (κ3) is 3.79. The van der Waals surface area contributed by atoms with E-state index in [-0.39, 0.29) is 5.56 Å². The molecule has 0 saturated heterocycles. The number of aromatic nitrogens is 3. The fourth-order valence-corrected chi connectivity index (χ4v) is 4.14. The Balaban J connectivity index is 1.80. The van der Waals surface area contributed by atoms with Crippen LogP contribution in [0.3, 0.4) is 0 Å². The van der Waals surface area contributed by atoms with Crippen LogP contribution in [-0.4, -0.2) is 42.5 Å². The summed E-state index contributed by atoms with van der Waals surface area (Å²) in [5.41, 5.74) is 1.33. The zero-order chi connectivity index (χ0) is 22.0. The van der Waals surface area contributed by atoms with Crippen molar-refractivity contribution >= 4 is 22.4 Å². The molecule has 0 amide bonds. The Bertz CT molecular complexity index is 1350. The largest absolute Gasteiger partial charge is 0.493 e. The number of hydrogen-bond donors (Lipinski definition) is 0. The monoisotopic (exact) mass is 439 g/mol. The van der Waals surface area contributed by atoms with E-state index in [1.807, 2.05) is 31.2 Å². The lowest BCUT2D eigenvalue weighted by molar-refractivity contribution is 0.311. The molecule has 0 aliphatic carbocycles. The molecule has 8 nitrogen and oxygen atoms in total. The number of thiazole rings is 1. The van der Waals surface area contributed by atoms with E-state index < -0.39 is 0 Å². The summed E-state index contributed by atoms with van der Waals surface area (Å²) in [7, 11) is 4.71. The highest BCUT2D eigenvalue weighted by molar-refractivity contribution is 7.15. The first-order chi connectivity index (χ1) is 15.1. The third-order valence-corrected chi connectivity index (χ3v) is 5.63. The summed E-state index contributed by atoms with van der Waals surface area (Å²) in [5, 5.41) is 8.38. The van der Waals surface area contributed by atoms with Crippen LogP contribution in [0.5, 0.6) is 23.0 Å². The van der Waals surface area contributed by atoms with Gasteiger partial charge in [-0.25, -0.2) is 4.40 Å². The minimum atomic E-state index is -0.192. The van der Waals surface area contributed by atoms with Crippen LogP contribution in [0.4, 0.5) is 0 Å². The molecular weight excluding hydrogens is 418 g/mol. The van der Waals surface area contributed by atoms with Gasteiger partial charge >= 0.3 is 0 Å². The molecule has 4 aromatic rings. The van der Waals surface area contributed by atoms with Crippen LogP contribution in [-0.2, 0) is 0 Å². The van der Waals surface area contributed by atoms with E-state index in [4.69, 9.17) is 18.9 Å². The first kappa shape index (κ1) is 20.7. The van der Waals surface area contributed by atoms with Crippen molar-refractivity contribution in [3.05, 3.63) is 56.8 Å². The summed E-state index contributed by atoms with van der Waals surface area (Å²) in [5.74, 6) is 2.86. The highest BCUT2D eigenvalue weighted by Crippen LogP contribution is 2.32. The van der Waals surface area contributed by atoms with Gasteiger partial charge in [-0.15, -0.1) is 10.2 Å². The number of nitrogens with zero attached hydrogens (tertiary/aromatic N) is 3. The molecule has 0 radical (unpaired) electrons. The zero-order valence-corrected chi connectivity index (χ0v) is 18.4. The predicted octanol–water partition coefficient (Wildman–Crippen LogP) is 2.79. The quantitative estimate of drug-likeness (QED) is 0.438. The molecule has 0 aliphatic rings. The first-order valence-corrected chi connectivity index (χ1v) is 10.3. The molecule has 0 spiro atoms. The van der Waals surface area contributed by atoms with Gasteiger partial charge in [0.2, 0.25) is 4.96 Å². The number of methoxy groups -OCH3 is 3. The Morgan fingerprint density at radius 3 is 2.35 bits per heavy atom. The predicted molar refractivity (Wildman–Crippen MR) is 119 cm³/mol. The zero-order valence-electron chi connectivity index (χ0n) is 17.5. The van der Waals surface area contributed by atoms with E-state index in [1.54, 1.807) is 39.5 Å². The number of fused-ring (bicyclic) bond motifs is 1. The van der Waals surface area contributed by atoms with E-state index >= 15 is 0 Å². The van der Waals surface area contributed by atoms with Gasteiger partial charge in [-0.1, -0.05) is 17.4 Å². The molecule has 0 atom stereocenters. The van der Waals surface area contributed by atoms with E-state index in [2.05, 4.69) is 10.2 Å². The summed E-state index contributed by atoms with van der Waals surface area (Å²) < 4.78 is 23.6. The van der Waals surface area contributed by atoms with Gasteiger partial charge in [-0.3, -0.25) is 4.79 Å². The van der Waals surface area contributed by atoms with Gasteiger partial charge in [0.25, 0.3) is 5.56 Å². The second kappa shape index (κ2) is 8.65. The minimum absolute atomic E-state index is 0.192. The minimum Gasteiger partial charge on any atom is -0.493 e. The molecule has 31 heavy (non-hydrogen) atoms. The van der Waals surface area contributed by atoms with Gasteiger partial charge in [0.1, 0.15) is 0 Å². The third-order valence-electron chi connectivity index (χ3n) is 4.68. The molecule has 2 aromatic carbocycles. The molecule has 0 saturated carbocycles. The molecule has 4 rings (SSSR count). The normalized spacial score (nSPS) is 11.7. The lowest BCUT2D eigenvalue weighted by Gasteiger charge is -2.09. The second-order valence-corrected chi connectivity index (χ2v) is 7.48.